The Bertz CT molecular complexity index is 437. The van der Waals surface area contributed by atoms with Gasteiger partial charge < -0.3 is 0 Å². The third-order valence-electron chi connectivity index (χ3n) is 2.08. The largest absolute Gasteiger partial charge is 0.249 e. The van der Waals surface area contributed by atoms with E-state index in [2.05, 4.69) is 21.9 Å². The molecule has 0 aliphatic carbocycles. The first-order valence-electron chi connectivity index (χ1n) is 4.38. The molecule has 0 bridgehead atoms. The fourth-order valence-electron chi connectivity index (χ4n) is 1.30. The number of hydrogen-bond acceptors (Lipinski definition) is 3. The minimum atomic E-state index is 0.918. The summed E-state index contributed by atoms with van der Waals surface area (Å²) >= 11 is 0. The molecule has 0 radical (unpaired) electrons. The summed E-state index contributed by atoms with van der Waals surface area (Å²) in [6.45, 7) is 4.05. The Morgan fingerprint density at radius 2 is 2.08 bits per heavy atom. The van der Waals surface area contributed by atoms with Gasteiger partial charge >= 0.3 is 0 Å². The molecule has 0 fully saturated rings. The monoisotopic (exact) mass is 173 g/mol. The molecule has 66 valence electrons. The van der Waals surface area contributed by atoms with E-state index in [-0.39, 0.29) is 0 Å². The zero-order valence-electron chi connectivity index (χ0n) is 7.78. The van der Waals surface area contributed by atoms with Crippen LogP contribution in [0.2, 0.25) is 0 Å². The molecule has 3 nitrogen and oxygen atoms in total. The SMILES string of the molecule is CCc1ccc2ncnc(C)c2n1. The number of fused-ring (bicyclic) bond motifs is 1. The van der Waals surface area contributed by atoms with E-state index in [9.17, 15) is 0 Å². The van der Waals surface area contributed by atoms with Crippen molar-refractivity contribution in [3.05, 3.63) is 29.8 Å². The summed E-state index contributed by atoms with van der Waals surface area (Å²) in [5.74, 6) is 0. The highest BCUT2D eigenvalue weighted by molar-refractivity contribution is 5.75. The molecular weight excluding hydrogens is 162 g/mol. The molecule has 0 aliphatic heterocycles. The standard InChI is InChI=1S/C10H11N3/c1-3-8-4-5-9-10(13-8)7(2)11-6-12-9/h4-6H,3H2,1-2H3. The highest BCUT2D eigenvalue weighted by atomic mass is 14.9. The fourth-order valence-corrected chi connectivity index (χ4v) is 1.30. The van der Waals surface area contributed by atoms with Gasteiger partial charge in [-0.25, -0.2) is 15.0 Å². The van der Waals surface area contributed by atoms with E-state index in [0.29, 0.717) is 0 Å². The molecule has 2 aromatic heterocycles. The van der Waals surface area contributed by atoms with E-state index < -0.39 is 0 Å². The number of hydrogen-bond donors (Lipinski definition) is 0. The maximum absolute atomic E-state index is 4.47. The normalized spacial score (nSPS) is 10.6. The van der Waals surface area contributed by atoms with Gasteiger partial charge in [0.25, 0.3) is 0 Å². The van der Waals surface area contributed by atoms with Gasteiger partial charge in [-0.15, -0.1) is 0 Å². The fraction of sp³-hybridized carbons (Fsp3) is 0.300. The Labute approximate surface area is 76.9 Å². The molecule has 0 unspecified atom stereocenters. The lowest BCUT2D eigenvalue weighted by Gasteiger charge is -2.00. The van der Waals surface area contributed by atoms with Crippen LogP contribution >= 0.6 is 0 Å². The van der Waals surface area contributed by atoms with Crippen LogP contribution in [0.3, 0.4) is 0 Å². The first-order valence-corrected chi connectivity index (χ1v) is 4.38. The van der Waals surface area contributed by atoms with Crippen LogP contribution in [0.15, 0.2) is 18.5 Å². The van der Waals surface area contributed by atoms with Crippen molar-refractivity contribution < 1.29 is 0 Å². The van der Waals surface area contributed by atoms with E-state index in [4.69, 9.17) is 0 Å². The lowest BCUT2D eigenvalue weighted by atomic mass is 10.2. The van der Waals surface area contributed by atoms with Crippen LogP contribution in [0.5, 0.6) is 0 Å². The van der Waals surface area contributed by atoms with E-state index >= 15 is 0 Å². The van der Waals surface area contributed by atoms with Crippen LogP contribution in [0.4, 0.5) is 0 Å². The minimum Gasteiger partial charge on any atom is -0.249 e. The molecule has 0 spiro atoms. The molecule has 3 heteroatoms. The number of rotatable bonds is 1. The summed E-state index contributed by atoms with van der Waals surface area (Å²) in [6.07, 6.45) is 2.52. The van der Waals surface area contributed by atoms with Gasteiger partial charge in [-0.2, -0.15) is 0 Å². The van der Waals surface area contributed by atoms with Crippen LogP contribution in [-0.2, 0) is 6.42 Å². The highest BCUT2D eigenvalue weighted by Crippen LogP contribution is 2.11. The minimum absolute atomic E-state index is 0.918. The molecule has 0 saturated heterocycles. The third-order valence-corrected chi connectivity index (χ3v) is 2.08. The number of pyridine rings is 1. The van der Waals surface area contributed by atoms with Crippen LogP contribution in [-0.4, -0.2) is 15.0 Å². The molecule has 2 rings (SSSR count). The van der Waals surface area contributed by atoms with Gasteiger partial charge in [-0.05, 0) is 25.5 Å². The molecule has 2 aromatic rings. The van der Waals surface area contributed by atoms with Gasteiger partial charge in [0.1, 0.15) is 11.8 Å². The maximum Gasteiger partial charge on any atom is 0.116 e. The summed E-state index contributed by atoms with van der Waals surface area (Å²) in [7, 11) is 0. The number of aromatic nitrogens is 3. The van der Waals surface area contributed by atoms with E-state index in [1.54, 1.807) is 6.33 Å². The van der Waals surface area contributed by atoms with Crippen molar-refractivity contribution >= 4 is 11.0 Å². The third kappa shape index (κ3) is 1.37. The van der Waals surface area contributed by atoms with Crippen LogP contribution < -0.4 is 0 Å². The Balaban J connectivity index is 2.74. The highest BCUT2D eigenvalue weighted by Gasteiger charge is 2.00. The Morgan fingerprint density at radius 3 is 2.85 bits per heavy atom. The van der Waals surface area contributed by atoms with Gasteiger partial charge in [-0.1, -0.05) is 6.92 Å². The van der Waals surface area contributed by atoms with Gasteiger partial charge in [-0.3, -0.25) is 0 Å². The summed E-state index contributed by atoms with van der Waals surface area (Å²) in [5.41, 5.74) is 3.87. The predicted molar refractivity (Wildman–Crippen MR) is 51.4 cm³/mol. The van der Waals surface area contributed by atoms with Gasteiger partial charge in [0.2, 0.25) is 0 Å². The smallest absolute Gasteiger partial charge is 0.116 e. The number of aryl methyl sites for hydroxylation is 2. The second-order valence-corrected chi connectivity index (χ2v) is 2.98. The van der Waals surface area contributed by atoms with E-state index in [1.807, 2.05) is 19.1 Å². The molecule has 0 saturated carbocycles. The molecule has 0 atom stereocenters. The van der Waals surface area contributed by atoms with Gasteiger partial charge in [0, 0.05) is 5.69 Å². The average Bonchev–Trinajstić information content (AvgIpc) is 2.18. The van der Waals surface area contributed by atoms with Gasteiger partial charge in [0.15, 0.2) is 0 Å². The lowest BCUT2D eigenvalue weighted by Crippen LogP contribution is -1.93. The summed E-state index contributed by atoms with van der Waals surface area (Å²) in [6, 6.07) is 4.00. The second-order valence-electron chi connectivity index (χ2n) is 2.98. The maximum atomic E-state index is 4.47. The molecule has 0 amide bonds. The zero-order chi connectivity index (χ0) is 9.26. The lowest BCUT2D eigenvalue weighted by molar-refractivity contribution is 1.04. The van der Waals surface area contributed by atoms with Crippen molar-refractivity contribution in [1.82, 2.24) is 15.0 Å². The van der Waals surface area contributed by atoms with Gasteiger partial charge in [0.05, 0.1) is 11.2 Å². The molecule has 2 heterocycles. The number of nitrogens with zero attached hydrogens (tertiary/aromatic N) is 3. The summed E-state index contributed by atoms with van der Waals surface area (Å²) in [5, 5.41) is 0. The predicted octanol–water partition coefficient (Wildman–Crippen LogP) is 1.90. The molecular formula is C10H11N3. The topological polar surface area (TPSA) is 38.7 Å². The van der Waals surface area contributed by atoms with Crippen molar-refractivity contribution in [3.8, 4) is 0 Å². The van der Waals surface area contributed by atoms with Crippen molar-refractivity contribution in [2.24, 2.45) is 0 Å². The second kappa shape index (κ2) is 3.09. The molecule has 0 aromatic carbocycles. The molecule has 0 N–H and O–H groups in total. The Hall–Kier alpha value is -1.51. The van der Waals surface area contributed by atoms with Crippen LogP contribution in [0.25, 0.3) is 11.0 Å². The summed E-state index contributed by atoms with van der Waals surface area (Å²) < 4.78 is 0. The first kappa shape index (κ1) is 8.10. The van der Waals surface area contributed by atoms with E-state index in [0.717, 1.165) is 28.8 Å². The van der Waals surface area contributed by atoms with Crippen LogP contribution in [0, 0.1) is 6.92 Å². The van der Waals surface area contributed by atoms with Crippen LogP contribution in [0.1, 0.15) is 18.3 Å². The van der Waals surface area contributed by atoms with Crippen molar-refractivity contribution in [2.75, 3.05) is 0 Å². The summed E-state index contributed by atoms with van der Waals surface area (Å²) in [4.78, 5) is 12.7. The molecule has 13 heavy (non-hydrogen) atoms. The van der Waals surface area contributed by atoms with E-state index in [1.165, 1.54) is 0 Å². The Kier molecular flexibility index (Phi) is 1.93. The Morgan fingerprint density at radius 1 is 1.23 bits per heavy atom. The van der Waals surface area contributed by atoms with Crippen molar-refractivity contribution in [2.45, 2.75) is 20.3 Å². The first-order chi connectivity index (χ1) is 6.31. The zero-order valence-corrected chi connectivity index (χ0v) is 7.78. The average molecular weight is 173 g/mol. The van der Waals surface area contributed by atoms with Crippen molar-refractivity contribution in [1.29, 1.82) is 0 Å². The van der Waals surface area contributed by atoms with Crippen molar-refractivity contribution in [3.63, 3.8) is 0 Å². The quantitative estimate of drug-likeness (QED) is 0.661. The molecule has 0 aliphatic rings.